The summed E-state index contributed by atoms with van der Waals surface area (Å²) in [6, 6.07) is 3.73. The van der Waals surface area contributed by atoms with Crippen molar-refractivity contribution in [2.75, 3.05) is 11.5 Å². The van der Waals surface area contributed by atoms with Gasteiger partial charge in [-0.1, -0.05) is 13.8 Å². The van der Waals surface area contributed by atoms with Crippen molar-refractivity contribution in [3.05, 3.63) is 18.3 Å². The molecule has 1 aromatic heterocycles. The van der Waals surface area contributed by atoms with Gasteiger partial charge in [-0.2, -0.15) is 0 Å². The molecule has 3 heteroatoms. The van der Waals surface area contributed by atoms with Crippen LogP contribution in [0.25, 0.3) is 0 Å². The smallest absolute Gasteiger partial charge is 0.0980 e. The molecule has 0 radical (unpaired) electrons. The van der Waals surface area contributed by atoms with E-state index in [2.05, 4.69) is 18.8 Å². The molecule has 2 nitrogen and oxygen atoms in total. The Balaban J connectivity index is 2.37. The summed E-state index contributed by atoms with van der Waals surface area (Å²) in [5.41, 5.74) is 6.43. The molecule has 13 heavy (non-hydrogen) atoms. The van der Waals surface area contributed by atoms with Crippen LogP contribution in [0, 0.1) is 5.92 Å². The lowest BCUT2D eigenvalue weighted by Crippen LogP contribution is -1.91. The summed E-state index contributed by atoms with van der Waals surface area (Å²) in [6.07, 6.45) is 2.98. The van der Waals surface area contributed by atoms with Crippen LogP contribution in [-0.2, 0) is 0 Å². The van der Waals surface area contributed by atoms with E-state index in [1.54, 1.807) is 18.0 Å². The van der Waals surface area contributed by atoms with Gasteiger partial charge in [0.1, 0.15) is 0 Å². The maximum atomic E-state index is 5.64. The monoisotopic (exact) mass is 196 g/mol. The predicted molar refractivity (Wildman–Crippen MR) is 58.8 cm³/mol. The Kier molecular flexibility index (Phi) is 4.09. The van der Waals surface area contributed by atoms with Crippen molar-refractivity contribution in [1.82, 2.24) is 4.98 Å². The van der Waals surface area contributed by atoms with Crippen molar-refractivity contribution in [3.63, 3.8) is 0 Å². The third-order valence-electron chi connectivity index (χ3n) is 1.70. The SMILES string of the molecule is CC(C)CCSc1cc(N)ccn1. The average Bonchev–Trinajstić information content (AvgIpc) is 2.03. The summed E-state index contributed by atoms with van der Waals surface area (Å²) in [5, 5.41) is 1.03. The summed E-state index contributed by atoms with van der Waals surface area (Å²) in [6.45, 7) is 4.46. The number of nitrogen functional groups attached to an aromatic ring is 1. The van der Waals surface area contributed by atoms with Gasteiger partial charge in [-0.15, -0.1) is 11.8 Å². The van der Waals surface area contributed by atoms with Gasteiger partial charge in [-0.3, -0.25) is 0 Å². The summed E-state index contributed by atoms with van der Waals surface area (Å²) in [4.78, 5) is 4.22. The average molecular weight is 196 g/mol. The first-order chi connectivity index (χ1) is 6.18. The second kappa shape index (κ2) is 5.12. The topological polar surface area (TPSA) is 38.9 Å². The quantitative estimate of drug-likeness (QED) is 0.753. The molecule has 0 aliphatic heterocycles. The molecule has 0 unspecified atom stereocenters. The van der Waals surface area contributed by atoms with Gasteiger partial charge in [0.2, 0.25) is 0 Å². The summed E-state index contributed by atoms with van der Waals surface area (Å²) in [7, 11) is 0. The summed E-state index contributed by atoms with van der Waals surface area (Å²) < 4.78 is 0. The van der Waals surface area contributed by atoms with E-state index in [0.29, 0.717) is 0 Å². The lowest BCUT2D eigenvalue weighted by Gasteiger charge is -2.03. The Hall–Kier alpha value is -0.700. The van der Waals surface area contributed by atoms with Gasteiger partial charge in [0.05, 0.1) is 5.03 Å². The van der Waals surface area contributed by atoms with E-state index in [9.17, 15) is 0 Å². The Bertz CT molecular complexity index is 261. The van der Waals surface area contributed by atoms with Crippen LogP contribution in [-0.4, -0.2) is 10.7 Å². The number of aromatic nitrogens is 1. The predicted octanol–water partition coefficient (Wildman–Crippen LogP) is 2.80. The third-order valence-corrected chi connectivity index (χ3v) is 2.66. The molecule has 0 fully saturated rings. The number of hydrogen-bond acceptors (Lipinski definition) is 3. The minimum Gasteiger partial charge on any atom is -0.399 e. The molecule has 0 aliphatic carbocycles. The van der Waals surface area contributed by atoms with Crippen molar-refractivity contribution < 1.29 is 0 Å². The molecule has 1 aromatic rings. The van der Waals surface area contributed by atoms with E-state index in [1.165, 1.54) is 6.42 Å². The molecule has 1 heterocycles. The minimum absolute atomic E-state index is 0.758. The molecule has 2 N–H and O–H groups in total. The van der Waals surface area contributed by atoms with Gasteiger partial charge in [0.25, 0.3) is 0 Å². The molecular weight excluding hydrogens is 180 g/mol. The van der Waals surface area contributed by atoms with Gasteiger partial charge in [0.15, 0.2) is 0 Å². The van der Waals surface area contributed by atoms with E-state index in [-0.39, 0.29) is 0 Å². The van der Waals surface area contributed by atoms with E-state index < -0.39 is 0 Å². The number of thioether (sulfide) groups is 1. The Morgan fingerprint density at radius 3 is 2.92 bits per heavy atom. The summed E-state index contributed by atoms with van der Waals surface area (Å²) >= 11 is 1.77. The van der Waals surface area contributed by atoms with Crippen molar-refractivity contribution in [3.8, 4) is 0 Å². The lowest BCUT2D eigenvalue weighted by molar-refractivity contribution is 0.632. The van der Waals surface area contributed by atoms with E-state index >= 15 is 0 Å². The van der Waals surface area contributed by atoms with Crippen LogP contribution in [0.15, 0.2) is 23.4 Å². The van der Waals surface area contributed by atoms with Gasteiger partial charge in [0, 0.05) is 11.9 Å². The van der Waals surface area contributed by atoms with Gasteiger partial charge in [-0.25, -0.2) is 4.98 Å². The van der Waals surface area contributed by atoms with E-state index in [1.807, 2.05) is 12.1 Å². The fraction of sp³-hybridized carbons (Fsp3) is 0.500. The normalized spacial score (nSPS) is 10.7. The first-order valence-electron chi connectivity index (χ1n) is 4.53. The highest BCUT2D eigenvalue weighted by Crippen LogP contribution is 2.19. The molecule has 1 rings (SSSR count). The first-order valence-corrected chi connectivity index (χ1v) is 5.51. The molecule has 0 aliphatic rings. The zero-order valence-corrected chi connectivity index (χ0v) is 8.97. The molecule has 0 atom stereocenters. The Morgan fingerprint density at radius 2 is 2.31 bits per heavy atom. The number of anilines is 1. The molecule has 0 saturated heterocycles. The van der Waals surface area contributed by atoms with Gasteiger partial charge in [-0.05, 0) is 30.2 Å². The zero-order valence-electron chi connectivity index (χ0n) is 8.16. The largest absolute Gasteiger partial charge is 0.399 e. The van der Waals surface area contributed by atoms with Crippen molar-refractivity contribution in [2.24, 2.45) is 5.92 Å². The second-order valence-electron chi connectivity index (χ2n) is 3.46. The number of pyridine rings is 1. The van der Waals surface area contributed by atoms with E-state index in [4.69, 9.17) is 5.73 Å². The number of rotatable bonds is 4. The van der Waals surface area contributed by atoms with Crippen LogP contribution in [0.3, 0.4) is 0 Å². The molecular formula is C10H16N2S. The maximum absolute atomic E-state index is 5.64. The highest BCUT2D eigenvalue weighted by molar-refractivity contribution is 7.99. The maximum Gasteiger partial charge on any atom is 0.0980 e. The molecule has 72 valence electrons. The van der Waals surface area contributed by atoms with Gasteiger partial charge >= 0.3 is 0 Å². The Labute approximate surface area is 83.9 Å². The van der Waals surface area contributed by atoms with Crippen LogP contribution in [0.1, 0.15) is 20.3 Å². The van der Waals surface area contributed by atoms with Crippen molar-refractivity contribution in [1.29, 1.82) is 0 Å². The molecule has 0 bridgehead atoms. The van der Waals surface area contributed by atoms with E-state index in [0.717, 1.165) is 22.4 Å². The van der Waals surface area contributed by atoms with Crippen LogP contribution >= 0.6 is 11.8 Å². The number of hydrogen-bond donors (Lipinski definition) is 1. The molecule has 0 spiro atoms. The summed E-state index contributed by atoms with van der Waals surface area (Å²) in [5.74, 6) is 1.88. The standard InChI is InChI=1S/C10H16N2S/c1-8(2)4-6-13-10-7-9(11)3-5-12-10/h3,5,7-8H,4,6H2,1-2H3,(H2,11,12). The lowest BCUT2D eigenvalue weighted by atomic mass is 10.2. The molecule has 0 aromatic carbocycles. The van der Waals surface area contributed by atoms with Crippen LogP contribution in [0.2, 0.25) is 0 Å². The first kappa shape index (κ1) is 10.4. The number of nitrogens with two attached hydrogens (primary N) is 1. The highest BCUT2D eigenvalue weighted by atomic mass is 32.2. The van der Waals surface area contributed by atoms with Crippen LogP contribution in [0.4, 0.5) is 5.69 Å². The fourth-order valence-electron chi connectivity index (χ4n) is 0.903. The van der Waals surface area contributed by atoms with Crippen LogP contribution in [0.5, 0.6) is 0 Å². The molecule has 0 saturated carbocycles. The fourth-order valence-corrected chi connectivity index (χ4v) is 2.06. The second-order valence-corrected chi connectivity index (χ2v) is 4.57. The minimum atomic E-state index is 0.758. The Morgan fingerprint density at radius 1 is 1.54 bits per heavy atom. The van der Waals surface area contributed by atoms with Gasteiger partial charge < -0.3 is 5.73 Å². The molecule has 0 amide bonds. The van der Waals surface area contributed by atoms with Crippen LogP contribution < -0.4 is 5.73 Å². The highest BCUT2D eigenvalue weighted by Gasteiger charge is 1.98. The number of nitrogens with zero attached hydrogens (tertiary/aromatic N) is 1. The van der Waals surface area contributed by atoms with Crippen molar-refractivity contribution >= 4 is 17.4 Å². The zero-order chi connectivity index (χ0) is 9.68. The third kappa shape index (κ3) is 4.18. The van der Waals surface area contributed by atoms with Crippen molar-refractivity contribution in [2.45, 2.75) is 25.3 Å².